The summed E-state index contributed by atoms with van der Waals surface area (Å²) >= 11 is 1.46. The Hall–Kier alpha value is -2.54. The number of carbonyl (C=O) groups is 2. The molecular formula is C23H34N4O2S. The summed E-state index contributed by atoms with van der Waals surface area (Å²) in [4.78, 5) is 30.1. The lowest BCUT2D eigenvalue weighted by Crippen LogP contribution is -2.41. The van der Waals surface area contributed by atoms with Crippen molar-refractivity contribution in [1.82, 2.24) is 10.2 Å². The Morgan fingerprint density at radius 3 is 2.30 bits per heavy atom. The van der Waals surface area contributed by atoms with Gasteiger partial charge in [-0.05, 0) is 61.9 Å². The van der Waals surface area contributed by atoms with E-state index in [1.807, 2.05) is 73.5 Å². The number of benzene rings is 1. The zero-order chi connectivity index (χ0) is 22.4. The molecule has 0 spiro atoms. The molecule has 1 aromatic heterocycles. The number of carbonyl (C=O) groups excluding carboxylic acids is 2. The van der Waals surface area contributed by atoms with E-state index in [1.165, 1.54) is 11.3 Å². The summed E-state index contributed by atoms with van der Waals surface area (Å²) < 4.78 is 0. The van der Waals surface area contributed by atoms with E-state index in [0.29, 0.717) is 18.2 Å². The van der Waals surface area contributed by atoms with Gasteiger partial charge in [-0.3, -0.25) is 4.79 Å². The second kappa shape index (κ2) is 10.5. The van der Waals surface area contributed by atoms with E-state index in [4.69, 9.17) is 0 Å². The van der Waals surface area contributed by atoms with E-state index >= 15 is 0 Å². The first kappa shape index (κ1) is 23.7. The van der Waals surface area contributed by atoms with Crippen LogP contribution in [-0.2, 0) is 6.54 Å². The van der Waals surface area contributed by atoms with Crippen molar-refractivity contribution in [2.45, 2.75) is 53.2 Å². The Morgan fingerprint density at radius 1 is 1.07 bits per heavy atom. The highest BCUT2D eigenvalue weighted by Crippen LogP contribution is 2.27. The molecule has 6 nitrogen and oxygen atoms in total. The first-order valence-electron chi connectivity index (χ1n) is 10.3. The standard InChI is InChI=1S/C23H34N4O2S/c1-15(2)17(5)27(22(28)21-9-8-12-30-21)14-18-13-19(10-11-20(18)26(6)7)25-23(29)24-16(3)4/h8-13,15-17H,14H2,1-7H3,(H2,24,25,29). The second-order valence-electron chi connectivity index (χ2n) is 8.39. The molecule has 1 unspecified atom stereocenters. The Bertz CT molecular complexity index is 847. The van der Waals surface area contributed by atoms with Crippen LogP contribution < -0.4 is 15.5 Å². The molecule has 2 rings (SSSR count). The third kappa shape index (κ3) is 6.23. The average molecular weight is 431 g/mol. The summed E-state index contributed by atoms with van der Waals surface area (Å²) in [5.74, 6) is 0.349. The fourth-order valence-electron chi connectivity index (χ4n) is 3.14. The van der Waals surface area contributed by atoms with Crippen LogP contribution >= 0.6 is 11.3 Å². The van der Waals surface area contributed by atoms with E-state index < -0.39 is 0 Å². The van der Waals surface area contributed by atoms with Crippen molar-refractivity contribution in [3.05, 3.63) is 46.2 Å². The Labute approximate surface area is 184 Å². The molecule has 0 saturated heterocycles. The summed E-state index contributed by atoms with van der Waals surface area (Å²) in [6.45, 7) is 10.6. The first-order valence-corrected chi connectivity index (χ1v) is 11.2. The SMILES string of the molecule is CC(C)NC(=O)Nc1ccc(N(C)C)c(CN(C(=O)c2cccs2)C(C)C(C)C)c1. The number of anilines is 2. The summed E-state index contributed by atoms with van der Waals surface area (Å²) in [6, 6.07) is 9.47. The molecule has 0 aliphatic heterocycles. The van der Waals surface area contributed by atoms with Crippen molar-refractivity contribution < 1.29 is 9.59 Å². The first-order chi connectivity index (χ1) is 14.1. The summed E-state index contributed by atoms with van der Waals surface area (Å²) in [5.41, 5.74) is 2.71. The van der Waals surface area contributed by atoms with Gasteiger partial charge in [0, 0.05) is 44.1 Å². The largest absolute Gasteiger partial charge is 0.377 e. The number of nitrogens with one attached hydrogen (secondary N) is 2. The van der Waals surface area contributed by atoms with Crippen molar-refractivity contribution in [2.75, 3.05) is 24.3 Å². The topological polar surface area (TPSA) is 64.7 Å². The number of urea groups is 1. The van der Waals surface area contributed by atoms with Crippen LogP contribution in [0.5, 0.6) is 0 Å². The van der Waals surface area contributed by atoms with Crippen LogP contribution in [0.25, 0.3) is 0 Å². The summed E-state index contributed by atoms with van der Waals surface area (Å²) in [7, 11) is 3.96. The van der Waals surface area contributed by atoms with Gasteiger partial charge in [0.2, 0.25) is 0 Å². The minimum atomic E-state index is -0.240. The molecular weight excluding hydrogens is 396 g/mol. The summed E-state index contributed by atoms with van der Waals surface area (Å²) in [5, 5.41) is 7.65. The maximum atomic E-state index is 13.3. The van der Waals surface area contributed by atoms with Gasteiger partial charge in [-0.15, -0.1) is 11.3 Å². The molecule has 1 heterocycles. The third-order valence-corrected chi connectivity index (χ3v) is 5.89. The Morgan fingerprint density at radius 2 is 1.77 bits per heavy atom. The Kier molecular flexibility index (Phi) is 8.29. The number of hydrogen-bond acceptors (Lipinski definition) is 4. The van der Waals surface area contributed by atoms with Crippen molar-refractivity contribution in [1.29, 1.82) is 0 Å². The molecule has 2 N–H and O–H groups in total. The zero-order valence-electron chi connectivity index (χ0n) is 19.0. The summed E-state index contributed by atoms with van der Waals surface area (Å²) in [6.07, 6.45) is 0. The van der Waals surface area contributed by atoms with Crippen LogP contribution in [0.3, 0.4) is 0 Å². The van der Waals surface area contributed by atoms with Crippen molar-refractivity contribution in [3.8, 4) is 0 Å². The predicted molar refractivity (Wildman–Crippen MR) is 127 cm³/mol. The lowest BCUT2D eigenvalue weighted by Gasteiger charge is -2.33. The molecule has 0 fully saturated rings. The fraction of sp³-hybridized carbons (Fsp3) is 0.478. The van der Waals surface area contributed by atoms with E-state index in [-0.39, 0.29) is 24.0 Å². The molecule has 0 saturated carbocycles. The molecule has 1 atom stereocenters. The number of amides is 3. The van der Waals surface area contributed by atoms with Gasteiger partial charge in [-0.1, -0.05) is 19.9 Å². The fourth-order valence-corrected chi connectivity index (χ4v) is 3.82. The highest BCUT2D eigenvalue weighted by Gasteiger charge is 2.26. The molecule has 2 aromatic rings. The lowest BCUT2D eigenvalue weighted by atomic mass is 10.0. The molecule has 0 aliphatic rings. The third-order valence-electron chi connectivity index (χ3n) is 5.03. The van der Waals surface area contributed by atoms with Crippen LogP contribution in [0.15, 0.2) is 35.7 Å². The van der Waals surface area contributed by atoms with E-state index in [1.54, 1.807) is 0 Å². The van der Waals surface area contributed by atoms with Gasteiger partial charge in [-0.25, -0.2) is 4.79 Å². The van der Waals surface area contributed by atoms with Gasteiger partial charge in [0.05, 0.1) is 4.88 Å². The molecule has 7 heteroatoms. The monoisotopic (exact) mass is 430 g/mol. The average Bonchev–Trinajstić information content (AvgIpc) is 3.18. The maximum absolute atomic E-state index is 13.3. The number of rotatable bonds is 8. The minimum Gasteiger partial charge on any atom is -0.377 e. The lowest BCUT2D eigenvalue weighted by molar-refractivity contribution is 0.0633. The zero-order valence-corrected chi connectivity index (χ0v) is 19.8. The molecule has 164 valence electrons. The molecule has 0 radical (unpaired) electrons. The van der Waals surface area contributed by atoms with Gasteiger partial charge in [0.25, 0.3) is 5.91 Å². The normalized spacial score (nSPS) is 12.0. The molecule has 1 aromatic carbocycles. The molecule has 30 heavy (non-hydrogen) atoms. The van der Waals surface area contributed by atoms with Crippen molar-refractivity contribution in [3.63, 3.8) is 0 Å². The smallest absolute Gasteiger partial charge is 0.319 e. The van der Waals surface area contributed by atoms with Gasteiger partial charge >= 0.3 is 6.03 Å². The van der Waals surface area contributed by atoms with Gasteiger partial charge in [0.15, 0.2) is 0 Å². The van der Waals surface area contributed by atoms with E-state index in [9.17, 15) is 9.59 Å². The van der Waals surface area contributed by atoms with E-state index in [0.717, 1.165) is 16.1 Å². The maximum Gasteiger partial charge on any atom is 0.319 e. The number of nitrogens with zero attached hydrogens (tertiary/aromatic N) is 2. The van der Waals surface area contributed by atoms with Crippen molar-refractivity contribution >= 4 is 34.6 Å². The minimum absolute atomic E-state index is 0.0341. The predicted octanol–water partition coefficient (Wildman–Crippen LogP) is 5.03. The Balaban J connectivity index is 2.37. The second-order valence-corrected chi connectivity index (χ2v) is 9.33. The van der Waals surface area contributed by atoms with E-state index in [2.05, 4.69) is 31.4 Å². The highest BCUT2D eigenvalue weighted by molar-refractivity contribution is 7.12. The van der Waals surface area contributed by atoms with Gasteiger partial charge in [0.1, 0.15) is 0 Å². The van der Waals surface area contributed by atoms with Gasteiger partial charge < -0.3 is 20.4 Å². The van der Waals surface area contributed by atoms with Crippen molar-refractivity contribution in [2.24, 2.45) is 5.92 Å². The molecule has 0 bridgehead atoms. The van der Waals surface area contributed by atoms with Gasteiger partial charge in [-0.2, -0.15) is 0 Å². The molecule has 3 amide bonds. The van der Waals surface area contributed by atoms with Crippen LogP contribution in [-0.4, -0.2) is 43.0 Å². The quantitative estimate of drug-likeness (QED) is 0.617. The highest BCUT2D eigenvalue weighted by atomic mass is 32.1. The van der Waals surface area contributed by atoms with Crippen LogP contribution in [0, 0.1) is 5.92 Å². The number of hydrogen-bond donors (Lipinski definition) is 2. The van der Waals surface area contributed by atoms with Crippen LogP contribution in [0.2, 0.25) is 0 Å². The molecule has 0 aliphatic carbocycles. The van der Waals surface area contributed by atoms with Crippen LogP contribution in [0.4, 0.5) is 16.2 Å². The number of thiophene rings is 1. The van der Waals surface area contributed by atoms with Crippen LogP contribution in [0.1, 0.15) is 49.9 Å².